The largest absolute Gasteiger partial charge is 0.504 e. The van der Waals surface area contributed by atoms with Crippen molar-refractivity contribution in [2.75, 3.05) is 0 Å². The highest BCUT2D eigenvalue weighted by Crippen LogP contribution is 2.42. The molecule has 0 amide bonds. The highest BCUT2D eigenvalue weighted by Gasteiger charge is 2.26. The number of nitrogens with zero attached hydrogens (tertiary/aromatic N) is 2. The summed E-state index contributed by atoms with van der Waals surface area (Å²) in [5.41, 5.74) is -1.20. The van der Waals surface area contributed by atoms with Gasteiger partial charge in [0.25, 0.3) is 0 Å². The lowest BCUT2D eigenvalue weighted by atomic mass is 10.0. The monoisotopic (exact) mass is 353 g/mol. The number of aromatic hydroxyl groups is 2. The Kier molecular flexibility index (Phi) is 3.67. The van der Waals surface area contributed by atoms with Crippen molar-refractivity contribution in [3.63, 3.8) is 0 Å². The predicted octanol–water partition coefficient (Wildman–Crippen LogP) is 2.86. The molecule has 9 heteroatoms. The Morgan fingerprint density at radius 3 is 2.52 bits per heavy atom. The Bertz CT molecular complexity index is 952. The SMILES string of the molecule is O=c1c(O)c(O)c(-c2ncc[nH]2)c(-c2ccc(Cl)cc2Cl)n1O. The van der Waals surface area contributed by atoms with Crippen LogP contribution in [0, 0.1) is 0 Å². The third-order valence-corrected chi connectivity index (χ3v) is 3.77. The van der Waals surface area contributed by atoms with Crippen molar-refractivity contribution in [3.05, 3.63) is 51.0 Å². The molecule has 0 aliphatic carbocycles. The summed E-state index contributed by atoms with van der Waals surface area (Å²) in [6.07, 6.45) is 2.89. The first-order chi connectivity index (χ1) is 10.9. The van der Waals surface area contributed by atoms with Crippen LogP contribution in [-0.4, -0.2) is 30.1 Å². The first-order valence-corrected chi connectivity index (χ1v) is 7.02. The molecule has 23 heavy (non-hydrogen) atoms. The molecule has 0 aliphatic rings. The van der Waals surface area contributed by atoms with Crippen LogP contribution in [0.5, 0.6) is 11.5 Å². The number of hydrogen-bond donors (Lipinski definition) is 4. The average Bonchev–Trinajstić information content (AvgIpc) is 3.03. The van der Waals surface area contributed by atoms with Gasteiger partial charge < -0.3 is 20.4 Å². The van der Waals surface area contributed by atoms with Gasteiger partial charge in [0, 0.05) is 23.0 Å². The number of aromatic nitrogens is 3. The molecule has 2 aromatic heterocycles. The van der Waals surface area contributed by atoms with E-state index < -0.39 is 17.1 Å². The van der Waals surface area contributed by atoms with E-state index in [-0.39, 0.29) is 32.4 Å². The molecule has 7 nitrogen and oxygen atoms in total. The number of hydrogen-bond acceptors (Lipinski definition) is 5. The fourth-order valence-corrected chi connectivity index (χ4v) is 2.69. The van der Waals surface area contributed by atoms with Crippen molar-refractivity contribution >= 4 is 23.2 Å². The van der Waals surface area contributed by atoms with Crippen LogP contribution in [0.4, 0.5) is 0 Å². The second-order valence-corrected chi connectivity index (χ2v) is 5.44. The summed E-state index contributed by atoms with van der Waals surface area (Å²) < 4.78 is 0.196. The van der Waals surface area contributed by atoms with E-state index in [9.17, 15) is 20.2 Å². The average molecular weight is 354 g/mol. The number of H-pyrrole nitrogens is 1. The van der Waals surface area contributed by atoms with Crippen LogP contribution in [0.1, 0.15) is 0 Å². The Morgan fingerprint density at radius 2 is 1.91 bits per heavy atom. The van der Waals surface area contributed by atoms with Gasteiger partial charge in [0.1, 0.15) is 11.5 Å². The molecule has 118 valence electrons. The summed E-state index contributed by atoms with van der Waals surface area (Å²) >= 11 is 12.0. The standard InChI is InChI=1S/C14H9Cl2N3O4/c15-6-1-2-7(8(16)5-6)10-9(13-17-3-4-18-13)11(20)12(21)14(22)19(10)23/h1-5,20-21,23H,(H,17,18). The van der Waals surface area contributed by atoms with Crippen LogP contribution in [0.25, 0.3) is 22.6 Å². The first kappa shape index (κ1) is 15.3. The molecule has 0 radical (unpaired) electrons. The second kappa shape index (κ2) is 5.53. The molecule has 0 saturated heterocycles. The second-order valence-electron chi connectivity index (χ2n) is 4.60. The van der Waals surface area contributed by atoms with Gasteiger partial charge in [0.05, 0.1) is 10.6 Å². The molecule has 3 aromatic rings. The maximum Gasteiger partial charge on any atom is 0.329 e. The zero-order chi connectivity index (χ0) is 16.7. The summed E-state index contributed by atoms with van der Waals surface area (Å²) in [6, 6.07) is 4.39. The predicted molar refractivity (Wildman–Crippen MR) is 84.3 cm³/mol. The number of pyridine rings is 1. The van der Waals surface area contributed by atoms with Crippen LogP contribution >= 0.6 is 23.2 Å². The van der Waals surface area contributed by atoms with Gasteiger partial charge in [-0.05, 0) is 18.2 Å². The van der Waals surface area contributed by atoms with Gasteiger partial charge in [0.15, 0.2) is 5.75 Å². The van der Waals surface area contributed by atoms with Crippen molar-refractivity contribution in [2.45, 2.75) is 0 Å². The van der Waals surface area contributed by atoms with Gasteiger partial charge in [-0.25, -0.2) is 4.98 Å². The third-order valence-electron chi connectivity index (χ3n) is 3.23. The van der Waals surface area contributed by atoms with E-state index >= 15 is 0 Å². The molecule has 3 rings (SSSR count). The van der Waals surface area contributed by atoms with E-state index in [2.05, 4.69) is 9.97 Å². The van der Waals surface area contributed by atoms with Crippen LogP contribution in [0.3, 0.4) is 0 Å². The summed E-state index contributed by atoms with van der Waals surface area (Å²) in [4.78, 5) is 18.6. The Morgan fingerprint density at radius 1 is 1.17 bits per heavy atom. The van der Waals surface area contributed by atoms with Crippen molar-refractivity contribution in [1.29, 1.82) is 0 Å². The molecule has 0 bridgehead atoms. The molecule has 0 fully saturated rings. The van der Waals surface area contributed by atoms with Crippen molar-refractivity contribution < 1.29 is 15.4 Å². The quantitative estimate of drug-likeness (QED) is 0.529. The molecular formula is C14H9Cl2N3O4. The van der Waals surface area contributed by atoms with Crippen LogP contribution in [-0.2, 0) is 0 Å². The van der Waals surface area contributed by atoms with E-state index in [1.54, 1.807) is 0 Å². The molecule has 2 heterocycles. The molecule has 1 aromatic carbocycles. The fourth-order valence-electron chi connectivity index (χ4n) is 2.20. The smallest absolute Gasteiger partial charge is 0.329 e. The minimum absolute atomic E-state index is 0.0844. The van der Waals surface area contributed by atoms with Gasteiger partial charge >= 0.3 is 5.56 Å². The number of rotatable bonds is 2. The Labute approximate surface area is 139 Å². The lowest BCUT2D eigenvalue weighted by Gasteiger charge is -2.15. The highest BCUT2D eigenvalue weighted by molar-refractivity contribution is 6.36. The zero-order valence-electron chi connectivity index (χ0n) is 11.3. The van der Waals surface area contributed by atoms with Crippen molar-refractivity contribution in [3.8, 4) is 34.1 Å². The van der Waals surface area contributed by atoms with Crippen molar-refractivity contribution in [1.82, 2.24) is 14.7 Å². The normalized spacial score (nSPS) is 10.9. The maximum absolute atomic E-state index is 11.9. The number of imidazole rings is 1. The van der Waals surface area contributed by atoms with Gasteiger partial charge in [0.2, 0.25) is 5.75 Å². The molecular weight excluding hydrogens is 345 g/mol. The van der Waals surface area contributed by atoms with Crippen LogP contribution < -0.4 is 5.56 Å². The van der Waals surface area contributed by atoms with Gasteiger partial charge in [-0.1, -0.05) is 23.2 Å². The zero-order valence-corrected chi connectivity index (χ0v) is 12.8. The highest BCUT2D eigenvalue weighted by atomic mass is 35.5. The number of benzene rings is 1. The first-order valence-electron chi connectivity index (χ1n) is 6.27. The minimum Gasteiger partial charge on any atom is -0.504 e. The van der Waals surface area contributed by atoms with E-state index in [0.29, 0.717) is 5.02 Å². The maximum atomic E-state index is 11.9. The van der Waals surface area contributed by atoms with Gasteiger partial charge in [-0.2, -0.15) is 0 Å². The van der Waals surface area contributed by atoms with Crippen molar-refractivity contribution in [2.24, 2.45) is 0 Å². The molecule has 0 spiro atoms. The van der Waals surface area contributed by atoms with E-state index in [0.717, 1.165) is 0 Å². The lowest BCUT2D eigenvalue weighted by molar-refractivity contribution is 0.174. The third kappa shape index (κ3) is 2.39. The summed E-state index contributed by atoms with van der Waals surface area (Å²) in [5.74, 6) is -1.61. The van der Waals surface area contributed by atoms with Crippen LogP contribution in [0.2, 0.25) is 10.0 Å². The van der Waals surface area contributed by atoms with E-state index in [1.807, 2.05) is 0 Å². The summed E-state index contributed by atoms with van der Waals surface area (Å²) in [6.45, 7) is 0. The summed E-state index contributed by atoms with van der Waals surface area (Å²) in [5, 5.41) is 30.5. The molecule has 0 saturated carbocycles. The molecule has 0 atom stereocenters. The van der Waals surface area contributed by atoms with Crippen LogP contribution in [0.15, 0.2) is 35.4 Å². The van der Waals surface area contributed by atoms with Gasteiger partial charge in [-0.15, -0.1) is 4.73 Å². The van der Waals surface area contributed by atoms with Gasteiger partial charge in [-0.3, -0.25) is 4.79 Å². The minimum atomic E-state index is -1.20. The Hall–Kier alpha value is -2.64. The van der Waals surface area contributed by atoms with E-state index in [4.69, 9.17) is 23.2 Å². The van der Waals surface area contributed by atoms with E-state index in [1.165, 1.54) is 30.6 Å². The molecule has 0 unspecified atom stereocenters. The molecule has 0 aliphatic heterocycles. The number of nitrogens with one attached hydrogen (secondary N) is 1. The number of halogens is 2. The Balaban J connectivity index is 2.47. The lowest BCUT2D eigenvalue weighted by Crippen LogP contribution is -2.20. The topological polar surface area (TPSA) is 111 Å². The number of aromatic amines is 1. The fraction of sp³-hybridized carbons (Fsp3) is 0. The summed E-state index contributed by atoms with van der Waals surface area (Å²) in [7, 11) is 0. The molecule has 4 N–H and O–H groups in total.